The Morgan fingerprint density at radius 2 is 2.00 bits per heavy atom. The fourth-order valence-electron chi connectivity index (χ4n) is 2.35. The molecule has 24 heavy (non-hydrogen) atoms. The average molecular weight is 371 g/mol. The van der Waals surface area contributed by atoms with Crippen molar-refractivity contribution in [2.24, 2.45) is 0 Å². The largest absolute Gasteiger partial charge is 0.475 e. The molecule has 2 rings (SSSR count). The Bertz CT molecular complexity index is 547. The smallest absolute Gasteiger partial charge is 0.460 e. The predicted molar refractivity (Wildman–Crippen MR) is 80.1 cm³/mol. The van der Waals surface area contributed by atoms with Crippen LogP contribution in [-0.2, 0) is 0 Å². The Labute approximate surface area is 140 Å². The molecule has 0 aliphatic carbocycles. The molecule has 0 atom stereocenters. The van der Waals surface area contributed by atoms with E-state index < -0.39 is 12.7 Å². The van der Waals surface area contributed by atoms with E-state index in [1.165, 1.54) is 0 Å². The van der Waals surface area contributed by atoms with Crippen molar-refractivity contribution in [3.05, 3.63) is 11.8 Å². The second-order valence-corrected chi connectivity index (χ2v) is 5.94. The first-order valence-corrected chi connectivity index (χ1v) is 8.35. The number of alkyl halides is 5. The highest BCUT2D eigenvalue weighted by atomic mass is 32.1. The van der Waals surface area contributed by atoms with Crippen LogP contribution in [0.2, 0.25) is 0 Å². The van der Waals surface area contributed by atoms with Crippen LogP contribution in [0.15, 0.2) is 6.08 Å². The third kappa shape index (κ3) is 5.66. The Morgan fingerprint density at radius 3 is 2.71 bits per heavy atom. The normalized spacial score (nSPS) is 16.5. The van der Waals surface area contributed by atoms with Gasteiger partial charge in [0.15, 0.2) is 0 Å². The van der Waals surface area contributed by atoms with Gasteiger partial charge in [-0.05, 0) is 31.3 Å². The van der Waals surface area contributed by atoms with Gasteiger partial charge in [0.25, 0.3) is 5.88 Å². The highest BCUT2D eigenvalue weighted by Gasteiger charge is 2.38. The highest BCUT2D eigenvalue weighted by molar-refractivity contribution is 6.99. The Morgan fingerprint density at radius 1 is 1.21 bits per heavy atom. The summed E-state index contributed by atoms with van der Waals surface area (Å²) >= 11 is 0.876. The zero-order valence-electron chi connectivity index (χ0n) is 12.9. The summed E-state index contributed by atoms with van der Waals surface area (Å²) in [6.45, 7) is -0.0809. The van der Waals surface area contributed by atoms with Crippen molar-refractivity contribution in [3.63, 3.8) is 0 Å². The Balaban J connectivity index is 1.85. The topological polar surface area (TPSA) is 38.3 Å². The van der Waals surface area contributed by atoms with Crippen LogP contribution in [0, 0.1) is 0 Å². The van der Waals surface area contributed by atoms with Crippen molar-refractivity contribution in [2.45, 2.75) is 44.8 Å². The van der Waals surface area contributed by atoms with Gasteiger partial charge in [0.05, 0.1) is 18.3 Å². The molecule has 1 aromatic rings. The number of rotatable bonds is 8. The Hall–Kier alpha value is -1.29. The molecule has 0 bridgehead atoms. The number of hydrogen-bond donors (Lipinski definition) is 0. The summed E-state index contributed by atoms with van der Waals surface area (Å²) in [5.41, 5.74) is 0.779. The van der Waals surface area contributed by atoms with E-state index >= 15 is 0 Å². The van der Waals surface area contributed by atoms with Gasteiger partial charge in [-0.15, -0.1) is 4.37 Å². The lowest BCUT2D eigenvalue weighted by Gasteiger charge is -2.28. The van der Waals surface area contributed by atoms with Gasteiger partial charge in [-0.1, -0.05) is 6.08 Å². The first-order valence-electron chi connectivity index (χ1n) is 7.62. The molecule has 10 heteroatoms. The summed E-state index contributed by atoms with van der Waals surface area (Å²) in [7, 11) is 0. The third-order valence-electron chi connectivity index (χ3n) is 3.58. The summed E-state index contributed by atoms with van der Waals surface area (Å²) < 4.78 is 75.9. The van der Waals surface area contributed by atoms with E-state index in [0.717, 1.165) is 11.7 Å². The maximum Gasteiger partial charge on any atom is 0.460 e. The molecule has 1 aliphatic heterocycles. The summed E-state index contributed by atoms with van der Waals surface area (Å²) in [4.78, 5) is 0.426. The summed E-state index contributed by atoms with van der Waals surface area (Å²) in [6.07, 6.45) is -3.23. The van der Waals surface area contributed by atoms with Crippen LogP contribution in [0.5, 0.6) is 5.88 Å². The molecule has 2 heterocycles. The zero-order chi connectivity index (χ0) is 17.6. The van der Waals surface area contributed by atoms with Gasteiger partial charge in [-0.3, -0.25) is 0 Å². The lowest BCUT2D eigenvalue weighted by molar-refractivity contribution is -0.241. The minimum absolute atomic E-state index is 0.0785. The SMILES string of the molecule is FC(F)CCCCCOc1nsnc1C1=CCCN(C(F)(F)F)C1. The van der Waals surface area contributed by atoms with Gasteiger partial charge in [0, 0.05) is 19.5 Å². The second kappa shape index (κ2) is 8.70. The molecule has 1 aromatic heterocycles. The van der Waals surface area contributed by atoms with Crippen LogP contribution in [0.25, 0.3) is 5.57 Å². The number of aromatic nitrogens is 2. The summed E-state index contributed by atoms with van der Waals surface area (Å²) in [5.74, 6) is 0.212. The molecule has 0 unspecified atom stereocenters. The lowest BCUT2D eigenvalue weighted by Crippen LogP contribution is -2.41. The molecule has 0 N–H and O–H groups in total. The van der Waals surface area contributed by atoms with Crippen LogP contribution < -0.4 is 4.74 Å². The first-order chi connectivity index (χ1) is 11.4. The molecule has 1 aliphatic rings. The van der Waals surface area contributed by atoms with Crippen LogP contribution in [0.3, 0.4) is 0 Å². The molecule has 0 saturated heterocycles. The zero-order valence-corrected chi connectivity index (χ0v) is 13.7. The number of unbranched alkanes of at least 4 members (excludes halogenated alkanes) is 2. The minimum atomic E-state index is -4.38. The van der Waals surface area contributed by atoms with Gasteiger partial charge in [-0.25, -0.2) is 13.7 Å². The van der Waals surface area contributed by atoms with Gasteiger partial charge in [0.2, 0.25) is 6.43 Å². The maximum atomic E-state index is 12.8. The van der Waals surface area contributed by atoms with Gasteiger partial charge < -0.3 is 4.74 Å². The van der Waals surface area contributed by atoms with Crippen LogP contribution in [0.4, 0.5) is 22.0 Å². The second-order valence-electron chi connectivity index (χ2n) is 5.41. The van der Waals surface area contributed by atoms with Crippen molar-refractivity contribution in [2.75, 3.05) is 19.7 Å². The first kappa shape index (κ1) is 19.0. The summed E-state index contributed by atoms with van der Waals surface area (Å²) in [6, 6.07) is 0. The van der Waals surface area contributed by atoms with E-state index in [1.807, 2.05) is 0 Å². The predicted octanol–water partition coefficient (Wildman–Crippen LogP) is 4.35. The Kier molecular flexibility index (Phi) is 6.90. The quantitative estimate of drug-likeness (QED) is 0.387. The molecule has 136 valence electrons. The molecular weight excluding hydrogens is 353 g/mol. The van der Waals surface area contributed by atoms with Gasteiger partial charge in [-0.2, -0.15) is 17.5 Å². The van der Waals surface area contributed by atoms with Gasteiger partial charge >= 0.3 is 6.30 Å². The number of halogens is 5. The van der Waals surface area contributed by atoms with Crippen molar-refractivity contribution in [1.82, 2.24) is 13.6 Å². The van der Waals surface area contributed by atoms with E-state index in [4.69, 9.17) is 4.74 Å². The van der Waals surface area contributed by atoms with Crippen LogP contribution in [-0.4, -0.2) is 46.1 Å². The van der Waals surface area contributed by atoms with E-state index in [9.17, 15) is 22.0 Å². The molecular formula is C14H18F5N3OS. The van der Waals surface area contributed by atoms with Crippen molar-refractivity contribution >= 4 is 17.3 Å². The minimum Gasteiger partial charge on any atom is -0.475 e. The van der Waals surface area contributed by atoms with Crippen LogP contribution >= 0.6 is 11.7 Å². The maximum absolute atomic E-state index is 12.8. The van der Waals surface area contributed by atoms with E-state index in [0.29, 0.717) is 35.4 Å². The van der Waals surface area contributed by atoms with E-state index in [-0.39, 0.29) is 38.4 Å². The van der Waals surface area contributed by atoms with Crippen molar-refractivity contribution in [3.8, 4) is 5.88 Å². The molecule has 0 amide bonds. The average Bonchev–Trinajstić information content (AvgIpc) is 2.98. The lowest BCUT2D eigenvalue weighted by atomic mass is 10.1. The molecule has 0 spiro atoms. The molecule has 0 fully saturated rings. The fourth-order valence-corrected chi connectivity index (χ4v) is 2.88. The number of hydrogen-bond acceptors (Lipinski definition) is 5. The molecule has 0 saturated carbocycles. The van der Waals surface area contributed by atoms with E-state index in [2.05, 4.69) is 8.75 Å². The monoisotopic (exact) mass is 371 g/mol. The third-order valence-corrected chi connectivity index (χ3v) is 4.09. The molecule has 4 nitrogen and oxygen atoms in total. The number of ether oxygens (including phenoxy) is 1. The van der Waals surface area contributed by atoms with Crippen LogP contribution in [0.1, 0.15) is 37.8 Å². The van der Waals surface area contributed by atoms with Crippen molar-refractivity contribution in [1.29, 1.82) is 0 Å². The van der Waals surface area contributed by atoms with Gasteiger partial charge in [0.1, 0.15) is 5.69 Å². The fraction of sp³-hybridized carbons (Fsp3) is 0.714. The number of nitrogens with zero attached hydrogens (tertiary/aromatic N) is 3. The highest BCUT2D eigenvalue weighted by Crippen LogP contribution is 2.32. The molecule has 0 aromatic carbocycles. The van der Waals surface area contributed by atoms with Crippen molar-refractivity contribution < 1.29 is 26.7 Å². The standard InChI is InChI=1S/C14H18F5N3OS/c15-11(16)6-2-1-3-8-23-13-12(20-24-21-13)10-5-4-7-22(9-10)14(17,18)19/h5,11H,1-4,6-9H2. The van der Waals surface area contributed by atoms with E-state index in [1.54, 1.807) is 6.08 Å². The molecule has 0 radical (unpaired) electrons. The summed E-state index contributed by atoms with van der Waals surface area (Å²) in [5, 5.41) is 0.